The van der Waals surface area contributed by atoms with Crippen LogP contribution in [0.4, 0.5) is 13.2 Å². The molecule has 50 heavy (non-hydrogen) atoms. The maximum atomic E-state index is 13.3. The number of piperidine rings is 1. The minimum atomic E-state index is -4.43. The minimum Gasteiger partial charge on any atom is -0.359 e. The van der Waals surface area contributed by atoms with Crippen LogP contribution in [0, 0.1) is 11.8 Å². The number of benzene rings is 2. The summed E-state index contributed by atoms with van der Waals surface area (Å²) in [4.78, 5) is 1.36. The van der Waals surface area contributed by atoms with Gasteiger partial charge in [0.2, 0.25) is 0 Å². The molecule has 0 unspecified atom stereocenters. The molecule has 0 bridgehead atoms. The molecule has 2 aliphatic rings. The maximum Gasteiger partial charge on any atom is 0.416 e. The average Bonchev–Trinajstić information content (AvgIpc) is 3.86. The van der Waals surface area contributed by atoms with E-state index in [1.807, 2.05) is 6.07 Å². The van der Waals surface area contributed by atoms with Gasteiger partial charge in [0.25, 0.3) is 10.2 Å². The molecule has 2 aromatic heterocycles. The Kier molecular flexibility index (Phi) is 11.9. The lowest BCUT2D eigenvalue weighted by molar-refractivity contribution is -0.137. The van der Waals surface area contributed by atoms with Gasteiger partial charge in [0.05, 0.1) is 44.0 Å². The molecule has 266 valence electrons. The first kappa shape index (κ1) is 36.8. The Morgan fingerprint density at radius 1 is 0.920 bits per heavy atom. The molecule has 4 heterocycles. The van der Waals surface area contributed by atoms with Crippen molar-refractivity contribution in [2.45, 2.75) is 51.4 Å². The smallest absolute Gasteiger partial charge is 0.359 e. The van der Waals surface area contributed by atoms with Crippen molar-refractivity contribution in [1.29, 1.82) is 0 Å². The normalized spacial score (nSPS) is 16.1. The van der Waals surface area contributed by atoms with Gasteiger partial charge in [0, 0.05) is 48.9 Å². The predicted octanol–water partition coefficient (Wildman–Crippen LogP) is 7.22. The first-order valence-corrected chi connectivity index (χ1v) is 19.2. The zero-order chi connectivity index (χ0) is 35.3. The second-order valence-electron chi connectivity index (χ2n) is 11.9. The summed E-state index contributed by atoms with van der Waals surface area (Å²) in [6.07, 6.45) is 0.595. The van der Waals surface area contributed by atoms with Gasteiger partial charge in [-0.05, 0) is 80.3 Å². The number of hydrogen-bond acceptors (Lipinski definition) is 7. The van der Waals surface area contributed by atoms with Crippen molar-refractivity contribution in [3.63, 3.8) is 0 Å². The lowest BCUT2D eigenvalue weighted by Gasteiger charge is -2.26. The van der Waals surface area contributed by atoms with Crippen LogP contribution in [-0.2, 0) is 34.3 Å². The lowest BCUT2D eigenvalue weighted by atomic mass is 10.1. The second kappa shape index (κ2) is 16.1. The molecule has 0 aliphatic carbocycles. The summed E-state index contributed by atoms with van der Waals surface area (Å²) in [5.41, 5.74) is 5.22. The number of alkyl halides is 3. The fraction of sp³-hybridized carbons (Fsp3) is 0.382. The molecule has 2 fully saturated rings. The van der Waals surface area contributed by atoms with Crippen molar-refractivity contribution >= 4 is 44.7 Å². The third-order valence-electron chi connectivity index (χ3n) is 8.41. The molecule has 2 saturated heterocycles. The van der Waals surface area contributed by atoms with E-state index in [4.69, 9.17) is 33.0 Å². The number of aromatic nitrogens is 2. The Balaban J connectivity index is 1.35. The average molecular weight is 768 g/mol. The zero-order valence-electron chi connectivity index (χ0n) is 26.9. The van der Waals surface area contributed by atoms with Crippen LogP contribution in [-0.4, -0.2) is 60.4 Å². The molecule has 0 amide bonds. The molecular weight excluding hydrogens is 732 g/mol. The summed E-state index contributed by atoms with van der Waals surface area (Å²) in [6.45, 7) is 3.02. The van der Waals surface area contributed by atoms with E-state index < -0.39 is 21.9 Å². The van der Waals surface area contributed by atoms with Gasteiger partial charge in [0.15, 0.2) is 0 Å². The van der Waals surface area contributed by atoms with Crippen LogP contribution in [0.25, 0.3) is 16.3 Å². The summed E-state index contributed by atoms with van der Waals surface area (Å²) in [7, 11) is -3.78. The summed E-state index contributed by atoms with van der Waals surface area (Å²) in [5.74, 6) is 5.97. The third kappa shape index (κ3) is 9.08. The number of nitrogens with zero attached hydrogens (tertiary/aromatic N) is 4. The van der Waals surface area contributed by atoms with Gasteiger partial charge >= 0.3 is 6.18 Å². The summed E-state index contributed by atoms with van der Waals surface area (Å²) in [6, 6.07) is 13.3. The fourth-order valence-electron chi connectivity index (χ4n) is 5.81. The standard InChI is InChI=1S/C34H35Cl2F3N6O3S2/c35-26-11-14-31(29(36)20-26)45-33(32-15-13-27(49-32)12-8-24-6-9-25(10-7-24)34(37,38)39)28(21-41-50(46,47)44-18-4-5-19-44)30(42-45)22-48-23-40-43-16-2-1-3-17-43/h6-7,9-11,13-15,20,40-41H,1-5,16-19,21-23H2. The molecular formula is C34H35Cl2F3N6O3S2. The van der Waals surface area contributed by atoms with Gasteiger partial charge in [-0.3, -0.25) is 0 Å². The first-order chi connectivity index (χ1) is 24.0. The Morgan fingerprint density at radius 2 is 1.64 bits per heavy atom. The van der Waals surface area contributed by atoms with Gasteiger partial charge < -0.3 is 4.74 Å². The Hall–Kier alpha value is -2.97. The van der Waals surface area contributed by atoms with Crippen LogP contribution in [0.3, 0.4) is 0 Å². The monoisotopic (exact) mass is 766 g/mol. The summed E-state index contributed by atoms with van der Waals surface area (Å²) in [5, 5.41) is 7.82. The number of thiophene rings is 1. The topological polar surface area (TPSA) is 91.7 Å². The lowest BCUT2D eigenvalue weighted by Crippen LogP contribution is -2.42. The molecule has 2 N–H and O–H groups in total. The minimum absolute atomic E-state index is 0.0674. The van der Waals surface area contributed by atoms with Crippen LogP contribution in [0.15, 0.2) is 54.6 Å². The fourth-order valence-corrected chi connectivity index (χ4v) is 8.46. The molecule has 0 saturated carbocycles. The molecule has 6 rings (SSSR count). The molecule has 2 aliphatic heterocycles. The molecule has 16 heteroatoms. The highest BCUT2D eigenvalue weighted by atomic mass is 35.5. The van der Waals surface area contributed by atoms with Crippen molar-refractivity contribution in [3.05, 3.63) is 91.9 Å². The highest BCUT2D eigenvalue weighted by molar-refractivity contribution is 7.87. The molecule has 0 atom stereocenters. The van der Waals surface area contributed by atoms with Crippen molar-refractivity contribution in [2.75, 3.05) is 32.9 Å². The van der Waals surface area contributed by atoms with Crippen molar-refractivity contribution in [3.8, 4) is 28.1 Å². The highest BCUT2D eigenvalue weighted by Gasteiger charge is 2.30. The number of hydrogen-bond donors (Lipinski definition) is 2. The number of ether oxygens (including phenoxy) is 1. The zero-order valence-corrected chi connectivity index (χ0v) is 30.0. The van der Waals surface area contributed by atoms with Gasteiger partial charge in [-0.2, -0.15) is 35.7 Å². The van der Waals surface area contributed by atoms with E-state index in [9.17, 15) is 21.6 Å². The highest BCUT2D eigenvalue weighted by Crippen LogP contribution is 2.37. The van der Waals surface area contributed by atoms with E-state index in [0.29, 0.717) is 61.1 Å². The van der Waals surface area contributed by atoms with E-state index >= 15 is 0 Å². The quantitative estimate of drug-likeness (QED) is 0.0953. The largest absolute Gasteiger partial charge is 0.416 e. The van der Waals surface area contributed by atoms with E-state index in [2.05, 4.69) is 27.0 Å². The molecule has 9 nitrogen and oxygen atoms in total. The van der Waals surface area contributed by atoms with Crippen molar-refractivity contribution in [2.24, 2.45) is 0 Å². The summed E-state index contributed by atoms with van der Waals surface area (Å²) >= 11 is 14.3. The van der Waals surface area contributed by atoms with Crippen LogP contribution < -0.4 is 10.1 Å². The number of nitrogens with one attached hydrogen (secondary N) is 2. The first-order valence-electron chi connectivity index (χ1n) is 16.1. The van der Waals surface area contributed by atoms with E-state index in [-0.39, 0.29) is 19.9 Å². The van der Waals surface area contributed by atoms with Crippen molar-refractivity contribution < 1.29 is 26.3 Å². The molecule has 0 spiro atoms. The van der Waals surface area contributed by atoms with Crippen LogP contribution in [0.2, 0.25) is 10.0 Å². The van der Waals surface area contributed by atoms with Gasteiger partial charge in [-0.1, -0.05) is 41.5 Å². The number of hydrazine groups is 1. The Bertz CT molecular complexity index is 1960. The van der Waals surface area contributed by atoms with Crippen LogP contribution in [0.1, 0.15) is 59.4 Å². The van der Waals surface area contributed by atoms with Gasteiger partial charge in [0.1, 0.15) is 6.73 Å². The maximum absolute atomic E-state index is 13.3. The Labute approximate surface area is 303 Å². The third-order valence-corrected chi connectivity index (χ3v) is 11.5. The van der Waals surface area contributed by atoms with E-state index in [1.165, 1.54) is 34.2 Å². The van der Waals surface area contributed by atoms with Gasteiger partial charge in [-0.25, -0.2) is 15.1 Å². The Morgan fingerprint density at radius 3 is 2.34 bits per heavy atom. The molecule has 4 aromatic rings. The van der Waals surface area contributed by atoms with Crippen molar-refractivity contribution in [1.82, 2.24) is 29.2 Å². The second-order valence-corrected chi connectivity index (χ2v) is 15.6. The van der Waals surface area contributed by atoms with E-state index in [1.54, 1.807) is 28.9 Å². The number of rotatable bonds is 11. The summed E-state index contributed by atoms with van der Waals surface area (Å²) < 4.78 is 77.6. The van der Waals surface area contributed by atoms with Crippen LogP contribution >= 0.6 is 34.5 Å². The predicted molar refractivity (Wildman–Crippen MR) is 189 cm³/mol. The molecule has 2 aromatic carbocycles. The van der Waals surface area contributed by atoms with Crippen LogP contribution in [0.5, 0.6) is 0 Å². The van der Waals surface area contributed by atoms with Gasteiger partial charge in [-0.15, -0.1) is 11.3 Å². The molecule has 0 radical (unpaired) electrons. The van der Waals surface area contributed by atoms with E-state index in [0.717, 1.165) is 50.9 Å². The SMILES string of the molecule is O=S(=O)(NCc1c(COCNN2CCCCC2)nn(-c2ccc(Cl)cc2Cl)c1-c1ccc(C#Cc2ccc(C(F)(F)F)cc2)s1)N1CCCC1. The number of halogens is 5.